The van der Waals surface area contributed by atoms with E-state index in [1.807, 2.05) is 4.90 Å². The van der Waals surface area contributed by atoms with Crippen LogP contribution >= 0.6 is 23.2 Å². The number of rotatable bonds is 7. The first-order chi connectivity index (χ1) is 14.0. The van der Waals surface area contributed by atoms with Crippen LogP contribution in [0.1, 0.15) is 24.8 Å². The largest absolute Gasteiger partial charge is 0.395 e. The molecule has 2 amide bonds. The molecule has 1 atom stereocenters. The lowest BCUT2D eigenvalue weighted by molar-refractivity contribution is -0.142. The molecule has 0 saturated carbocycles. The van der Waals surface area contributed by atoms with E-state index in [0.717, 1.165) is 37.9 Å². The van der Waals surface area contributed by atoms with E-state index in [0.29, 0.717) is 29.7 Å². The third-order valence-corrected chi connectivity index (χ3v) is 6.31. The van der Waals surface area contributed by atoms with Crippen LogP contribution in [0.2, 0.25) is 10.0 Å². The number of hydrogen-bond acceptors (Lipinski definition) is 4. The number of halogens is 2. The molecule has 0 radical (unpaired) electrons. The van der Waals surface area contributed by atoms with Crippen LogP contribution in [0.25, 0.3) is 6.08 Å². The van der Waals surface area contributed by atoms with Crippen LogP contribution in [0.3, 0.4) is 0 Å². The minimum Gasteiger partial charge on any atom is -0.395 e. The topological polar surface area (TPSA) is 64.1 Å². The normalized spacial score (nSPS) is 20.8. The number of piperazine rings is 1. The van der Waals surface area contributed by atoms with Gasteiger partial charge in [-0.05, 0) is 49.6 Å². The summed E-state index contributed by atoms with van der Waals surface area (Å²) >= 11 is 11.9. The van der Waals surface area contributed by atoms with Crippen molar-refractivity contribution in [1.82, 2.24) is 14.7 Å². The first-order valence-corrected chi connectivity index (χ1v) is 10.8. The highest BCUT2D eigenvalue weighted by atomic mass is 35.5. The van der Waals surface area contributed by atoms with Gasteiger partial charge in [0.05, 0.1) is 16.7 Å². The molecule has 3 rings (SSSR count). The van der Waals surface area contributed by atoms with E-state index < -0.39 is 0 Å². The molecule has 1 aromatic carbocycles. The second kappa shape index (κ2) is 10.4. The predicted molar refractivity (Wildman–Crippen MR) is 115 cm³/mol. The minimum absolute atomic E-state index is 0.0207. The zero-order valence-electron chi connectivity index (χ0n) is 16.4. The Balaban J connectivity index is 1.44. The van der Waals surface area contributed by atoms with Gasteiger partial charge in [0.2, 0.25) is 11.8 Å². The van der Waals surface area contributed by atoms with Crippen LogP contribution in [-0.4, -0.2) is 83.5 Å². The van der Waals surface area contributed by atoms with Gasteiger partial charge in [-0.3, -0.25) is 14.5 Å². The fourth-order valence-electron chi connectivity index (χ4n) is 3.88. The third kappa shape index (κ3) is 5.95. The zero-order chi connectivity index (χ0) is 20.8. The first-order valence-electron chi connectivity index (χ1n) is 10.0. The lowest BCUT2D eigenvalue weighted by Crippen LogP contribution is -2.52. The van der Waals surface area contributed by atoms with Gasteiger partial charge in [-0.25, -0.2) is 0 Å². The van der Waals surface area contributed by atoms with Crippen LogP contribution in [0, 0.1) is 0 Å². The van der Waals surface area contributed by atoms with Crippen molar-refractivity contribution < 1.29 is 14.7 Å². The van der Waals surface area contributed by atoms with Gasteiger partial charge >= 0.3 is 0 Å². The molecule has 0 spiro atoms. The molecule has 2 fully saturated rings. The molecular formula is C21H27Cl2N3O3. The number of carbonyl (C=O) groups is 2. The Hall–Kier alpha value is -1.60. The van der Waals surface area contributed by atoms with Crippen molar-refractivity contribution in [2.45, 2.75) is 25.3 Å². The van der Waals surface area contributed by atoms with Gasteiger partial charge in [0, 0.05) is 38.3 Å². The predicted octanol–water partition coefficient (Wildman–Crippen LogP) is 2.52. The number of likely N-dealkylation sites (tertiary alicyclic amines) is 1. The first kappa shape index (κ1) is 22.1. The van der Waals surface area contributed by atoms with E-state index in [1.54, 1.807) is 29.2 Å². The molecule has 2 aliphatic heterocycles. The van der Waals surface area contributed by atoms with E-state index in [2.05, 4.69) is 4.90 Å². The summed E-state index contributed by atoms with van der Waals surface area (Å²) in [6, 6.07) is 5.42. The molecule has 6 nitrogen and oxygen atoms in total. The van der Waals surface area contributed by atoms with E-state index in [-0.39, 0.29) is 31.0 Å². The zero-order valence-corrected chi connectivity index (χ0v) is 17.9. The van der Waals surface area contributed by atoms with E-state index in [4.69, 9.17) is 23.2 Å². The maximum Gasteiger partial charge on any atom is 0.247 e. The highest BCUT2D eigenvalue weighted by molar-refractivity contribution is 6.42. The molecule has 0 bridgehead atoms. The maximum atomic E-state index is 12.4. The average molecular weight is 440 g/mol. The molecule has 8 heteroatoms. The van der Waals surface area contributed by atoms with Gasteiger partial charge in [0.15, 0.2) is 0 Å². The van der Waals surface area contributed by atoms with Crippen molar-refractivity contribution in [3.05, 3.63) is 39.9 Å². The maximum absolute atomic E-state index is 12.4. The van der Waals surface area contributed by atoms with Gasteiger partial charge in [-0.2, -0.15) is 0 Å². The van der Waals surface area contributed by atoms with Gasteiger partial charge in [0.1, 0.15) is 6.54 Å². The monoisotopic (exact) mass is 439 g/mol. The summed E-state index contributed by atoms with van der Waals surface area (Å²) in [6.07, 6.45) is 6.19. The number of amides is 2. The second-order valence-corrected chi connectivity index (χ2v) is 8.33. The van der Waals surface area contributed by atoms with Gasteiger partial charge in [-0.15, -0.1) is 0 Å². The van der Waals surface area contributed by atoms with Gasteiger partial charge in [-0.1, -0.05) is 29.3 Å². The van der Waals surface area contributed by atoms with E-state index >= 15 is 0 Å². The smallest absolute Gasteiger partial charge is 0.247 e. The Morgan fingerprint density at radius 3 is 2.72 bits per heavy atom. The second-order valence-electron chi connectivity index (χ2n) is 7.52. The molecule has 2 saturated heterocycles. The molecule has 1 aromatic rings. The molecule has 158 valence electrons. The number of hydrogen-bond donors (Lipinski definition) is 1. The number of carbonyl (C=O) groups excluding carboxylic acids is 2. The van der Waals surface area contributed by atoms with Crippen LogP contribution in [0.5, 0.6) is 0 Å². The van der Waals surface area contributed by atoms with Crippen LogP contribution in [0.4, 0.5) is 0 Å². The van der Waals surface area contributed by atoms with E-state index in [9.17, 15) is 14.7 Å². The number of aliphatic hydroxyl groups excluding tert-OH is 1. The van der Waals surface area contributed by atoms with Crippen LogP contribution in [0.15, 0.2) is 24.3 Å². The summed E-state index contributed by atoms with van der Waals surface area (Å²) in [4.78, 5) is 30.5. The molecular weight excluding hydrogens is 413 g/mol. The fourth-order valence-corrected chi connectivity index (χ4v) is 4.19. The van der Waals surface area contributed by atoms with Gasteiger partial charge in [0.25, 0.3) is 0 Å². The van der Waals surface area contributed by atoms with Crippen molar-refractivity contribution in [2.75, 3.05) is 45.9 Å². The Labute approximate surface area is 181 Å². The van der Waals surface area contributed by atoms with Crippen molar-refractivity contribution in [1.29, 1.82) is 0 Å². The third-order valence-electron chi connectivity index (χ3n) is 5.58. The molecule has 0 aliphatic carbocycles. The quantitative estimate of drug-likeness (QED) is 0.662. The number of nitrogens with zero attached hydrogens (tertiary/aromatic N) is 3. The number of benzene rings is 1. The summed E-state index contributed by atoms with van der Waals surface area (Å²) in [6.45, 7) is 3.99. The molecule has 29 heavy (non-hydrogen) atoms. The highest BCUT2D eigenvalue weighted by Crippen LogP contribution is 2.23. The summed E-state index contributed by atoms with van der Waals surface area (Å²) < 4.78 is 0. The lowest BCUT2D eigenvalue weighted by atomic mass is 10.2. The molecule has 1 N–H and O–H groups in total. The summed E-state index contributed by atoms with van der Waals surface area (Å²) in [5, 5.41) is 10.3. The fraction of sp³-hybridized carbons (Fsp3) is 0.524. The Kier molecular flexibility index (Phi) is 7.95. The summed E-state index contributed by atoms with van der Waals surface area (Å²) in [5.74, 6) is -0.209. The van der Waals surface area contributed by atoms with Crippen molar-refractivity contribution in [3.8, 4) is 0 Å². The molecule has 2 heterocycles. The molecule has 0 unspecified atom stereocenters. The summed E-state index contributed by atoms with van der Waals surface area (Å²) in [5.41, 5.74) is 0.779. The number of aliphatic hydroxyl groups is 1. The van der Waals surface area contributed by atoms with E-state index in [1.165, 1.54) is 6.08 Å². The van der Waals surface area contributed by atoms with Crippen molar-refractivity contribution in [3.63, 3.8) is 0 Å². The van der Waals surface area contributed by atoms with Gasteiger partial charge < -0.3 is 14.9 Å². The molecule has 0 aromatic heterocycles. The Morgan fingerprint density at radius 1 is 1.17 bits per heavy atom. The summed E-state index contributed by atoms with van der Waals surface area (Å²) in [7, 11) is 0. The van der Waals surface area contributed by atoms with Crippen molar-refractivity contribution in [2.24, 2.45) is 0 Å². The van der Waals surface area contributed by atoms with Crippen molar-refractivity contribution >= 4 is 41.1 Å². The van der Waals surface area contributed by atoms with Crippen LogP contribution < -0.4 is 0 Å². The Morgan fingerprint density at radius 2 is 2.00 bits per heavy atom. The van der Waals surface area contributed by atoms with Crippen LogP contribution in [-0.2, 0) is 9.59 Å². The lowest BCUT2D eigenvalue weighted by Gasteiger charge is -2.34. The average Bonchev–Trinajstić information content (AvgIpc) is 3.17. The molecule has 2 aliphatic rings. The Bertz CT molecular complexity index is 772. The standard InChI is InChI=1S/C21H27Cl2N3O3/c22-18-6-4-16(13-19(18)23)5-7-20(28)26-12-11-25(21(29)14-26)10-2-9-24-8-1-3-17(24)15-27/h4-7,13,17,27H,1-3,8-12,14-15H2/b7-5+/t17-/m1/s1. The highest BCUT2D eigenvalue weighted by Gasteiger charge is 2.27. The minimum atomic E-state index is -0.188. The SMILES string of the molecule is O=C(/C=C/c1ccc(Cl)c(Cl)c1)N1CCN(CCCN2CCC[C@@H]2CO)C(=O)C1.